The van der Waals surface area contributed by atoms with Gasteiger partial charge >= 0.3 is 0 Å². The van der Waals surface area contributed by atoms with Crippen LogP contribution >= 0.6 is 31.9 Å². The molecule has 0 spiro atoms. The molecule has 3 nitrogen and oxygen atoms in total. The van der Waals surface area contributed by atoms with E-state index < -0.39 is 0 Å². The third kappa shape index (κ3) is 3.36. The van der Waals surface area contributed by atoms with E-state index in [1.54, 1.807) is 18.2 Å². The first-order valence-corrected chi connectivity index (χ1v) is 7.12. The van der Waals surface area contributed by atoms with Crippen LogP contribution < -0.4 is 5.32 Å². The lowest BCUT2D eigenvalue weighted by Gasteiger charge is -2.08. The van der Waals surface area contributed by atoms with Crippen molar-refractivity contribution >= 4 is 43.5 Å². The lowest BCUT2D eigenvalue weighted by molar-refractivity contribution is 0.102. The molecule has 2 aromatic carbocycles. The summed E-state index contributed by atoms with van der Waals surface area (Å²) in [7, 11) is 0. The monoisotopic (exact) mass is 383 g/mol. The maximum atomic E-state index is 12.1. The number of aryl methyl sites for hydroxylation is 1. The lowest BCUT2D eigenvalue weighted by atomic mass is 10.1. The molecule has 0 aliphatic carbocycles. The van der Waals surface area contributed by atoms with Crippen molar-refractivity contribution < 1.29 is 9.90 Å². The molecule has 0 heterocycles. The fourth-order valence-electron chi connectivity index (χ4n) is 1.63. The van der Waals surface area contributed by atoms with Crippen LogP contribution in [0.5, 0.6) is 5.75 Å². The highest BCUT2D eigenvalue weighted by Crippen LogP contribution is 2.35. The minimum Gasteiger partial charge on any atom is -0.506 e. The summed E-state index contributed by atoms with van der Waals surface area (Å²) in [6, 6.07) is 10.6. The normalized spacial score (nSPS) is 10.3. The molecule has 0 unspecified atom stereocenters. The van der Waals surface area contributed by atoms with E-state index in [-0.39, 0.29) is 11.7 Å². The second-order valence-electron chi connectivity index (χ2n) is 4.11. The Kier molecular flexibility index (Phi) is 4.27. The molecule has 0 bridgehead atoms. The van der Waals surface area contributed by atoms with Gasteiger partial charge in [0, 0.05) is 11.3 Å². The topological polar surface area (TPSA) is 49.3 Å². The maximum absolute atomic E-state index is 12.1. The van der Waals surface area contributed by atoms with E-state index in [1.165, 1.54) is 0 Å². The van der Waals surface area contributed by atoms with Gasteiger partial charge < -0.3 is 10.4 Å². The minimum absolute atomic E-state index is 0.105. The van der Waals surface area contributed by atoms with Gasteiger partial charge in [-0.2, -0.15) is 0 Å². The number of phenolic OH excluding ortho intramolecular Hbond substituents is 1. The van der Waals surface area contributed by atoms with Crippen molar-refractivity contribution in [2.24, 2.45) is 0 Å². The molecule has 98 valence electrons. The standard InChI is InChI=1S/C14H11Br2NO2/c1-8-3-2-4-9(5-8)14(19)17-10-6-11(15)13(18)12(16)7-10/h2-7,18H,1H3,(H,17,19). The van der Waals surface area contributed by atoms with Gasteiger partial charge in [-0.1, -0.05) is 17.7 Å². The largest absolute Gasteiger partial charge is 0.506 e. The fraction of sp³-hybridized carbons (Fsp3) is 0.0714. The van der Waals surface area contributed by atoms with Gasteiger partial charge in [-0.05, 0) is 63.0 Å². The van der Waals surface area contributed by atoms with E-state index in [1.807, 2.05) is 25.1 Å². The number of aromatic hydroxyl groups is 1. The zero-order valence-corrected chi connectivity index (χ0v) is 13.2. The van der Waals surface area contributed by atoms with Gasteiger partial charge in [-0.15, -0.1) is 0 Å². The van der Waals surface area contributed by atoms with E-state index in [0.717, 1.165) is 5.56 Å². The van der Waals surface area contributed by atoms with Crippen molar-refractivity contribution in [1.82, 2.24) is 0 Å². The summed E-state index contributed by atoms with van der Waals surface area (Å²) in [5.74, 6) is -0.0817. The summed E-state index contributed by atoms with van der Waals surface area (Å²) in [5.41, 5.74) is 2.23. The molecule has 5 heteroatoms. The quantitative estimate of drug-likeness (QED) is 0.750. The molecule has 19 heavy (non-hydrogen) atoms. The number of carbonyl (C=O) groups is 1. The zero-order valence-electron chi connectivity index (χ0n) is 10.1. The summed E-state index contributed by atoms with van der Waals surface area (Å²) in [6.45, 7) is 1.94. The number of anilines is 1. The summed E-state index contributed by atoms with van der Waals surface area (Å²) in [5, 5.41) is 12.4. The molecule has 0 aliphatic rings. The van der Waals surface area contributed by atoms with E-state index in [2.05, 4.69) is 37.2 Å². The molecule has 1 amide bonds. The fourth-order valence-corrected chi connectivity index (χ4v) is 2.81. The molecule has 0 atom stereocenters. The molecule has 0 saturated carbocycles. The average Bonchev–Trinajstić information content (AvgIpc) is 2.36. The van der Waals surface area contributed by atoms with Crippen molar-refractivity contribution in [2.45, 2.75) is 6.92 Å². The van der Waals surface area contributed by atoms with Crippen LogP contribution in [0.3, 0.4) is 0 Å². The van der Waals surface area contributed by atoms with Gasteiger partial charge in [-0.25, -0.2) is 0 Å². The van der Waals surface area contributed by atoms with Gasteiger partial charge in [0.25, 0.3) is 5.91 Å². The SMILES string of the molecule is Cc1cccc(C(=O)Nc2cc(Br)c(O)c(Br)c2)c1. The zero-order chi connectivity index (χ0) is 14.0. The Hall–Kier alpha value is -1.33. The van der Waals surface area contributed by atoms with Gasteiger partial charge in [0.1, 0.15) is 5.75 Å². The first kappa shape index (κ1) is 14.1. The third-order valence-electron chi connectivity index (χ3n) is 2.56. The van der Waals surface area contributed by atoms with Crippen molar-refractivity contribution in [3.8, 4) is 5.75 Å². The summed E-state index contributed by atoms with van der Waals surface area (Å²) >= 11 is 6.45. The number of hydrogen-bond donors (Lipinski definition) is 2. The molecule has 2 N–H and O–H groups in total. The molecule has 2 rings (SSSR count). The van der Waals surface area contributed by atoms with Crippen molar-refractivity contribution in [1.29, 1.82) is 0 Å². The van der Waals surface area contributed by atoms with Crippen molar-refractivity contribution in [3.05, 3.63) is 56.5 Å². The second-order valence-corrected chi connectivity index (χ2v) is 5.82. The van der Waals surface area contributed by atoms with E-state index >= 15 is 0 Å². The van der Waals surface area contributed by atoms with Gasteiger partial charge in [-0.3, -0.25) is 4.79 Å². The first-order chi connectivity index (χ1) is 8.97. The molecule has 0 saturated heterocycles. The van der Waals surface area contributed by atoms with Crippen LogP contribution in [0.1, 0.15) is 15.9 Å². The number of benzene rings is 2. The predicted molar refractivity (Wildman–Crippen MR) is 82.6 cm³/mol. The van der Waals surface area contributed by atoms with Gasteiger partial charge in [0.15, 0.2) is 0 Å². The number of rotatable bonds is 2. The maximum Gasteiger partial charge on any atom is 0.255 e. The Morgan fingerprint density at radius 2 is 1.79 bits per heavy atom. The van der Waals surface area contributed by atoms with E-state index in [0.29, 0.717) is 20.2 Å². The number of hydrogen-bond acceptors (Lipinski definition) is 2. The van der Waals surface area contributed by atoms with Gasteiger partial charge in [0.05, 0.1) is 8.95 Å². The van der Waals surface area contributed by atoms with Crippen LogP contribution in [0.2, 0.25) is 0 Å². The lowest BCUT2D eigenvalue weighted by Crippen LogP contribution is -2.11. The molecule has 0 radical (unpaired) electrons. The Balaban J connectivity index is 2.24. The first-order valence-electron chi connectivity index (χ1n) is 5.53. The number of halogens is 2. The number of nitrogens with one attached hydrogen (secondary N) is 1. The smallest absolute Gasteiger partial charge is 0.255 e. The van der Waals surface area contributed by atoms with Crippen LogP contribution in [0, 0.1) is 6.92 Å². The molecule has 0 fully saturated rings. The molecule has 0 aliphatic heterocycles. The summed E-state index contributed by atoms with van der Waals surface area (Å²) in [4.78, 5) is 12.1. The highest BCUT2D eigenvalue weighted by molar-refractivity contribution is 9.11. The Morgan fingerprint density at radius 1 is 1.16 bits per heavy atom. The molecular weight excluding hydrogens is 374 g/mol. The average molecular weight is 385 g/mol. The number of carbonyl (C=O) groups excluding carboxylic acids is 1. The van der Waals surface area contributed by atoms with Crippen LogP contribution in [0.25, 0.3) is 0 Å². The Morgan fingerprint density at radius 3 is 2.37 bits per heavy atom. The minimum atomic E-state index is -0.187. The third-order valence-corrected chi connectivity index (χ3v) is 3.76. The highest BCUT2D eigenvalue weighted by Gasteiger charge is 2.10. The summed E-state index contributed by atoms with van der Waals surface area (Å²) in [6.07, 6.45) is 0. The van der Waals surface area contributed by atoms with E-state index in [9.17, 15) is 9.90 Å². The van der Waals surface area contributed by atoms with Crippen molar-refractivity contribution in [3.63, 3.8) is 0 Å². The van der Waals surface area contributed by atoms with Crippen LogP contribution in [0.15, 0.2) is 45.3 Å². The molecular formula is C14H11Br2NO2. The van der Waals surface area contributed by atoms with Crippen molar-refractivity contribution in [2.75, 3.05) is 5.32 Å². The van der Waals surface area contributed by atoms with Gasteiger partial charge in [0.2, 0.25) is 0 Å². The van der Waals surface area contributed by atoms with Crippen LogP contribution in [0.4, 0.5) is 5.69 Å². The predicted octanol–water partition coefficient (Wildman–Crippen LogP) is 4.48. The van der Waals surface area contributed by atoms with Crippen LogP contribution in [-0.4, -0.2) is 11.0 Å². The second kappa shape index (κ2) is 5.75. The van der Waals surface area contributed by atoms with E-state index in [4.69, 9.17) is 0 Å². The highest BCUT2D eigenvalue weighted by atomic mass is 79.9. The number of phenols is 1. The number of amides is 1. The molecule has 0 aromatic heterocycles. The summed E-state index contributed by atoms with van der Waals surface area (Å²) < 4.78 is 1.03. The van der Waals surface area contributed by atoms with Crippen LogP contribution in [-0.2, 0) is 0 Å². The Labute approximate surface area is 127 Å². The Bertz CT molecular complexity index is 618. The molecule has 2 aromatic rings.